The summed E-state index contributed by atoms with van der Waals surface area (Å²) in [5.74, 6) is 3.62. The van der Waals surface area contributed by atoms with Gasteiger partial charge in [0.1, 0.15) is 4.90 Å². The van der Waals surface area contributed by atoms with Gasteiger partial charge in [0.15, 0.2) is 11.0 Å². The zero-order chi connectivity index (χ0) is 38.9. The highest BCUT2D eigenvalue weighted by Crippen LogP contribution is 2.36. The average molecular weight is 858 g/mol. The topological polar surface area (TPSA) is 105 Å². The van der Waals surface area contributed by atoms with E-state index in [1.807, 2.05) is 36.4 Å². The third-order valence-electron chi connectivity index (χ3n) is 11.0. The first kappa shape index (κ1) is 39.6. The lowest BCUT2D eigenvalue weighted by molar-refractivity contribution is 0.371. The van der Waals surface area contributed by atoms with E-state index >= 15 is 0 Å². The van der Waals surface area contributed by atoms with Gasteiger partial charge in [-0.1, -0.05) is 34.8 Å². The largest absolute Gasteiger partial charge is 0.368 e. The van der Waals surface area contributed by atoms with E-state index in [1.165, 1.54) is 11.4 Å². The van der Waals surface area contributed by atoms with Crippen molar-refractivity contribution < 1.29 is 8.42 Å². The molecule has 0 spiro atoms. The number of hydrogen-bond acceptors (Lipinski definition) is 12. The zero-order valence-corrected chi connectivity index (χ0v) is 35.6. The first-order valence-corrected chi connectivity index (χ1v) is 23.0. The molecule has 5 aliphatic rings. The normalized spacial score (nSPS) is 22.0. The fourth-order valence-corrected chi connectivity index (χ4v) is 11.4. The molecule has 9 rings (SSSR count). The molecule has 0 N–H and O–H groups in total. The highest BCUT2D eigenvalue weighted by atomic mass is 35.5. The second-order valence-electron chi connectivity index (χ2n) is 15.0. The molecule has 4 aromatic rings. The average Bonchev–Trinajstić information content (AvgIpc) is 3.94. The van der Waals surface area contributed by atoms with E-state index in [-0.39, 0.29) is 0 Å². The van der Waals surface area contributed by atoms with Crippen LogP contribution in [0.1, 0.15) is 24.2 Å². The van der Waals surface area contributed by atoms with Gasteiger partial charge < -0.3 is 29.4 Å². The number of halogens is 3. The van der Waals surface area contributed by atoms with Gasteiger partial charge in [-0.2, -0.15) is 9.97 Å². The summed E-state index contributed by atoms with van der Waals surface area (Å²) in [5, 5.41) is 1.85. The quantitative estimate of drug-likeness (QED) is 0.222. The van der Waals surface area contributed by atoms with Gasteiger partial charge in [0.05, 0.1) is 37.9 Å². The van der Waals surface area contributed by atoms with Crippen molar-refractivity contribution in [3.8, 4) is 0 Å². The Labute approximate surface area is 349 Å². The minimum Gasteiger partial charge on any atom is -0.368 e. The van der Waals surface area contributed by atoms with Crippen molar-refractivity contribution in [2.45, 2.75) is 41.5 Å². The van der Waals surface area contributed by atoms with Crippen LogP contribution in [-0.2, 0) is 34.4 Å². The second-order valence-corrected chi connectivity index (χ2v) is 19.2. The molecule has 2 aromatic carbocycles. The lowest BCUT2D eigenvalue weighted by Crippen LogP contribution is -2.47. The number of fused-ring (bicyclic) bond motifs is 2. The first-order chi connectivity index (χ1) is 27.1. The van der Waals surface area contributed by atoms with E-state index in [0.717, 1.165) is 123 Å². The van der Waals surface area contributed by atoms with Crippen molar-refractivity contribution in [3.05, 3.63) is 75.1 Å². The van der Waals surface area contributed by atoms with Crippen LogP contribution in [0.25, 0.3) is 0 Å². The zero-order valence-electron chi connectivity index (χ0n) is 31.7. The number of likely N-dealkylation sites (N-methyl/N-ethyl adjacent to an activating group) is 1. The van der Waals surface area contributed by atoms with Crippen LogP contribution in [0.4, 0.5) is 29.1 Å². The van der Waals surface area contributed by atoms with Gasteiger partial charge in [-0.25, -0.2) is 9.97 Å². The van der Waals surface area contributed by atoms with E-state index in [0.29, 0.717) is 40.0 Å². The summed E-state index contributed by atoms with van der Waals surface area (Å²) in [5.41, 5.74) is 4.19. The van der Waals surface area contributed by atoms with Crippen molar-refractivity contribution >= 4 is 85.5 Å². The molecule has 12 nitrogen and oxygen atoms in total. The van der Waals surface area contributed by atoms with Crippen molar-refractivity contribution in [1.82, 2.24) is 24.8 Å². The number of aromatic nitrogens is 4. The van der Waals surface area contributed by atoms with Crippen molar-refractivity contribution in [2.75, 3.05) is 116 Å². The predicted octanol–water partition coefficient (Wildman–Crippen LogP) is 5.42. The van der Waals surface area contributed by atoms with Crippen molar-refractivity contribution in [2.24, 2.45) is 0 Å². The molecule has 3 fully saturated rings. The van der Waals surface area contributed by atoms with Crippen LogP contribution >= 0.6 is 34.8 Å². The van der Waals surface area contributed by atoms with Crippen LogP contribution in [-0.4, -0.2) is 130 Å². The molecular weight excluding hydrogens is 811 g/mol. The van der Waals surface area contributed by atoms with Gasteiger partial charge in [-0.15, -0.1) is 0 Å². The van der Waals surface area contributed by atoms with Gasteiger partial charge in [0.2, 0.25) is 11.9 Å². The van der Waals surface area contributed by atoms with E-state index in [4.69, 9.17) is 44.8 Å². The maximum Gasteiger partial charge on any atom is 0.227 e. The lowest BCUT2D eigenvalue weighted by atomic mass is 10.2. The highest BCUT2D eigenvalue weighted by molar-refractivity contribution is 7.85. The second kappa shape index (κ2) is 17.3. The Balaban J connectivity index is 0.000000164. The number of anilines is 5. The predicted molar refractivity (Wildman–Crippen MR) is 230 cm³/mol. The molecular formula is C39H47Cl3N10O2S2. The number of rotatable bonds is 7. The number of aryl methyl sites for hydroxylation is 2. The number of nitrogens with zero attached hydrogens (tertiary/aromatic N) is 10. The number of piperazine rings is 2. The Morgan fingerprint density at radius 2 is 1.09 bits per heavy atom. The molecule has 17 heteroatoms. The smallest absolute Gasteiger partial charge is 0.227 e. The van der Waals surface area contributed by atoms with E-state index in [2.05, 4.69) is 65.6 Å². The SMILES string of the molecule is CN(C)CC1CCCN1c1nc(N2CCN(c3ccc(Cl)cc3)CC2)nc2c1S(=O)CC2.O=S1CCc2nc(N3CCN(c4ccc(Cl)cc4)CC3)nc(Cl)c21. The molecule has 0 aliphatic carbocycles. The Hall–Kier alpha value is -3.27. The third kappa shape index (κ3) is 8.61. The molecule has 0 saturated carbocycles. The fraction of sp³-hybridized carbons (Fsp3) is 0.487. The minimum absolute atomic E-state index is 0.339. The summed E-state index contributed by atoms with van der Waals surface area (Å²) in [4.78, 5) is 34.2. The van der Waals surface area contributed by atoms with Crippen LogP contribution in [0.3, 0.4) is 0 Å². The minimum atomic E-state index is -1.05. The maximum absolute atomic E-state index is 12.8. The number of hydrogen-bond donors (Lipinski definition) is 0. The summed E-state index contributed by atoms with van der Waals surface area (Å²) < 4.78 is 24.8. The molecule has 0 amide bonds. The van der Waals surface area contributed by atoms with Crippen LogP contribution in [0.2, 0.25) is 15.2 Å². The molecule has 7 heterocycles. The van der Waals surface area contributed by atoms with Gasteiger partial charge >= 0.3 is 0 Å². The van der Waals surface area contributed by atoms with Gasteiger partial charge in [0.25, 0.3) is 0 Å². The van der Waals surface area contributed by atoms with E-state index in [1.54, 1.807) is 0 Å². The van der Waals surface area contributed by atoms with Gasteiger partial charge in [0, 0.05) is 117 Å². The Morgan fingerprint density at radius 1 is 0.625 bits per heavy atom. The maximum atomic E-state index is 12.8. The summed E-state index contributed by atoms with van der Waals surface area (Å²) in [6.07, 6.45) is 3.79. The molecule has 0 radical (unpaired) electrons. The van der Waals surface area contributed by atoms with Gasteiger partial charge in [-0.05, 0) is 75.5 Å². The molecule has 298 valence electrons. The summed E-state index contributed by atoms with van der Waals surface area (Å²) >= 11 is 18.2. The Morgan fingerprint density at radius 3 is 1.61 bits per heavy atom. The van der Waals surface area contributed by atoms with Crippen LogP contribution in [0, 0.1) is 0 Å². The Bertz CT molecular complexity index is 2080. The molecule has 3 unspecified atom stereocenters. The van der Waals surface area contributed by atoms with E-state index in [9.17, 15) is 8.42 Å². The third-order valence-corrected chi connectivity index (χ3v) is 14.8. The monoisotopic (exact) mass is 856 g/mol. The Kier molecular flexibility index (Phi) is 12.2. The highest BCUT2D eigenvalue weighted by Gasteiger charge is 2.35. The van der Waals surface area contributed by atoms with Crippen LogP contribution in [0.15, 0.2) is 58.3 Å². The molecule has 5 aliphatic heterocycles. The first-order valence-electron chi connectivity index (χ1n) is 19.3. The molecule has 0 bridgehead atoms. The van der Waals surface area contributed by atoms with Crippen molar-refractivity contribution in [3.63, 3.8) is 0 Å². The fourth-order valence-electron chi connectivity index (χ4n) is 8.14. The summed E-state index contributed by atoms with van der Waals surface area (Å²) in [6, 6.07) is 16.4. The molecule has 2 aromatic heterocycles. The van der Waals surface area contributed by atoms with Crippen LogP contribution in [0.5, 0.6) is 0 Å². The van der Waals surface area contributed by atoms with Gasteiger partial charge in [-0.3, -0.25) is 8.42 Å². The lowest BCUT2D eigenvalue weighted by Gasteiger charge is -2.37. The molecule has 3 saturated heterocycles. The molecule has 56 heavy (non-hydrogen) atoms. The van der Waals surface area contributed by atoms with Crippen LogP contribution < -0.4 is 24.5 Å². The van der Waals surface area contributed by atoms with E-state index < -0.39 is 21.6 Å². The molecule has 3 atom stereocenters. The number of benzene rings is 2. The summed E-state index contributed by atoms with van der Waals surface area (Å²) in [6.45, 7) is 8.92. The standard InChI is InChI=1S/C23H31ClN6OS.C16H16Cl2N4OS/c1-27(2)16-19-4-3-10-30(19)22-21-20(9-15-32(21)31)25-23(26-22)29-13-11-28(12-14-29)18-7-5-17(24)6-8-18;17-11-1-3-12(4-2-11)21-6-8-22(9-7-21)16-19-13-5-10-24(23)14(13)15(18)20-16/h5-8,19H,3-4,9-16H2,1-2H3;1-4H,5-10H2. The van der Waals surface area contributed by atoms with Crippen molar-refractivity contribution in [1.29, 1.82) is 0 Å². The summed E-state index contributed by atoms with van der Waals surface area (Å²) in [7, 11) is 2.19.